The van der Waals surface area contributed by atoms with Crippen LogP contribution >= 0.6 is 11.6 Å². The first-order valence-corrected chi connectivity index (χ1v) is 11.4. The molecule has 4 rings (SSSR count). The highest BCUT2D eigenvalue weighted by atomic mass is 35.5. The van der Waals surface area contributed by atoms with E-state index in [2.05, 4.69) is 0 Å². The lowest BCUT2D eigenvalue weighted by atomic mass is 9.95. The second-order valence-electron chi connectivity index (χ2n) is 7.59. The summed E-state index contributed by atoms with van der Waals surface area (Å²) in [5.74, 6) is -0.829. The van der Waals surface area contributed by atoms with E-state index >= 15 is 0 Å². The Labute approximate surface area is 203 Å². The molecule has 0 saturated carbocycles. The quantitative estimate of drug-likeness (QED) is 0.266. The maximum atomic E-state index is 13.3. The molecule has 1 unspecified atom stereocenters. The van der Waals surface area contributed by atoms with E-state index in [1.54, 1.807) is 66.7 Å². The van der Waals surface area contributed by atoms with Crippen LogP contribution in [0, 0.1) is 0 Å². The van der Waals surface area contributed by atoms with Crippen molar-refractivity contribution in [3.63, 3.8) is 0 Å². The van der Waals surface area contributed by atoms with Gasteiger partial charge < -0.3 is 14.6 Å². The number of para-hydroxylation sites is 1. The van der Waals surface area contributed by atoms with Crippen LogP contribution in [0.1, 0.15) is 31.0 Å². The lowest BCUT2D eigenvalue weighted by Gasteiger charge is -2.25. The average molecular weight is 478 g/mol. The molecule has 1 amide bonds. The number of halogens is 1. The molecule has 1 atom stereocenters. The van der Waals surface area contributed by atoms with E-state index < -0.39 is 17.7 Å². The highest BCUT2D eigenvalue weighted by molar-refractivity contribution is 6.51. The van der Waals surface area contributed by atoms with Gasteiger partial charge in [0.15, 0.2) is 0 Å². The van der Waals surface area contributed by atoms with Gasteiger partial charge in [0.25, 0.3) is 11.7 Å². The first kappa shape index (κ1) is 23.4. The lowest BCUT2D eigenvalue weighted by Crippen LogP contribution is -2.29. The highest BCUT2D eigenvalue weighted by Crippen LogP contribution is 2.43. The summed E-state index contributed by atoms with van der Waals surface area (Å²) < 4.78 is 11.2. The van der Waals surface area contributed by atoms with Gasteiger partial charge in [-0.2, -0.15) is 0 Å². The van der Waals surface area contributed by atoms with Gasteiger partial charge in [-0.1, -0.05) is 41.9 Å². The van der Waals surface area contributed by atoms with Crippen molar-refractivity contribution in [3.05, 3.63) is 94.5 Å². The number of rotatable bonds is 7. The minimum Gasteiger partial charge on any atom is -0.507 e. The van der Waals surface area contributed by atoms with E-state index in [4.69, 9.17) is 21.1 Å². The number of hydrogen-bond acceptors (Lipinski definition) is 5. The minimum absolute atomic E-state index is 0.0210. The van der Waals surface area contributed by atoms with Crippen molar-refractivity contribution >= 4 is 34.7 Å². The summed E-state index contributed by atoms with van der Waals surface area (Å²) in [6.45, 7) is 4.54. The van der Waals surface area contributed by atoms with Crippen LogP contribution in [0.2, 0.25) is 5.02 Å². The number of ether oxygens (including phenoxy) is 2. The molecule has 7 heteroatoms. The normalized spacial score (nSPS) is 17.1. The first-order valence-electron chi connectivity index (χ1n) is 11.0. The Morgan fingerprint density at radius 2 is 1.68 bits per heavy atom. The second-order valence-corrected chi connectivity index (χ2v) is 8.00. The van der Waals surface area contributed by atoms with Crippen molar-refractivity contribution in [3.8, 4) is 11.5 Å². The molecule has 1 heterocycles. The summed E-state index contributed by atoms with van der Waals surface area (Å²) in [5.41, 5.74) is 1.48. The van der Waals surface area contributed by atoms with Crippen molar-refractivity contribution in [2.45, 2.75) is 19.9 Å². The van der Waals surface area contributed by atoms with E-state index in [9.17, 15) is 14.7 Å². The van der Waals surface area contributed by atoms with Gasteiger partial charge >= 0.3 is 0 Å². The fraction of sp³-hybridized carbons (Fsp3) is 0.185. The Morgan fingerprint density at radius 3 is 2.38 bits per heavy atom. The maximum absolute atomic E-state index is 13.3. The number of amides is 1. The van der Waals surface area contributed by atoms with Crippen LogP contribution in [0.15, 0.2) is 78.4 Å². The zero-order valence-corrected chi connectivity index (χ0v) is 19.6. The largest absolute Gasteiger partial charge is 0.507 e. The van der Waals surface area contributed by atoms with Gasteiger partial charge in [0.05, 0.1) is 29.9 Å². The summed E-state index contributed by atoms with van der Waals surface area (Å²) in [4.78, 5) is 27.9. The third-order valence-corrected chi connectivity index (χ3v) is 5.78. The van der Waals surface area contributed by atoms with Gasteiger partial charge in [0.1, 0.15) is 17.3 Å². The minimum atomic E-state index is -0.853. The Kier molecular flexibility index (Phi) is 6.89. The molecule has 6 nitrogen and oxygen atoms in total. The topological polar surface area (TPSA) is 76.1 Å². The standard InChI is InChI=1S/C27H24ClNO5/c1-3-33-20-12-8-9-17(15-20)24-23(25(30)18-13-14-21(28)22(16-18)34-4-2)26(31)27(32)29(24)19-10-6-5-7-11-19/h5-16,24,30H,3-4H2,1-2H3/b25-23-. The molecule has 1 aliphatic heterocycles. The van der Waals surface area contributed by atoms with Gasteiger partial charge in [0, 0.05) is 11.3 Å². The molecule has 0 aromatic heterocycles. The number of ketones is 1. The van der Waals surface area contributed by atoms with Gasteiger partial charge in [-0.25, -0.2) is 0 Å². The van der Waals surface area contributed by atoms with Gasteiger partial charge in [-0.05, 0) is 61.9 Å². The molecule has 0 aliphatic carbocycles. The predicted molar refractivity (Wildman–Crippen MR) is 131 cm³/mol. The van der Waals surface area contributed by atoms with Crippen LogP contribution in [0.3, 0.4) is 0 Å². The Morgan fingerprint density at radius 1 is 0.941 bits per heavy atom. The summed E-state index contributed by atoms with van der Waals surface area (Å²) in [6, 6.07) is 19.9. The van der Waals surface area contributed by atoms with Gasteiger partial charge in [-0.3, -0.25) is 14.5 Å². The third kappa shape index (κ3) is 4.37. The maximum Gasteiger partial charge on any atom is 0.300 e. The van der Waals surface area contributed by atoms with Crippen molar-refractivity contribution in [2.24, 2.45) is 0 Å². The molecule has 3 aromatic rings. The van der Waals surface area contributed by atoms with Crippen molar-refractivity contribution in [2.75, 3.05) is 18.1 Å². The van der Waals surface area contributed by atoms with Gasteiger partial charge in [-0.15, -0.1) is 0 Å². The number of carbonyl (C=O) groups is 2. The SMILES string of the molecule is CCOc1cccc(C2/C(=C(/O)c3ccc(Cl)c(OCC)c3)C(=O)C(=O)N2c2ccccc2)c1. The number of anilines is 1. The van der Waals surface area contributed by atoms with Crippen LogP contribution < -0.4 is 14.4 Å². The molecule has 3 aromatic carbocycles. The van der Waals surface area contributed by atoms with Gasteiger partial charge in [0.2, 0.25) is 0 Å². The van der Waals surface area contributed by atoms with Crippen molar-refractivity contribution in [1.82, 2.24) is 0 Å². The fourth-order valence-corrected chi connectivity index (χ4v) is 4.19. The number of Topliss-reactive ketones (excluding diaryl/α,β-unsaturated/α-hetero) is 1. The van der Waals surface area contributed by atoms with E-state index in [-0.39, 0.29) is 11.3 Å². The molecule has 0 spiro atoms. The van der Waals surface area contributed by atoms with Crippen LogP contribution in [0.5, 0.6) is 11.5 Å². The van der Waals surface area contributed by atoms with Crippen LogP contribution in [-0.2, 0) is 9.59 Å². The first-order chi connectivity index (χ1) is 16.5. The molecule has 1 aliphatic rings. The second kappa shape index (κ2) is 10.0. The summed E-state index contributed by atoms with van der Waals surface area (Å²) in [6.07, 6.45) is 0. The van der Waals surface area contributed by atoms with E-state index in [0.717, 1.165) is 0 Å². The lowest BCUT2D eigenvalue weighted by molar-refractivity contribution is -0.132. The molecule has 34 heavy (non-hydrogen) atoms. The zero-order valence-electron chi connectivity index (χ0n) is 18.8. The molecular formula is C27H24ClNO5. The predicted octanol–water partition coefficient (Wildman–Crippen LogP) is 5.76. The average Bonchev–Trinajstić information content (AvgIpc) is 3.11. The highest BCUT2D eigenvalue weighted by Gasteiger charge is 2.47. The van der Waals surface area contributed by atoms with E-state index in [1.165, 1.54) is 4.90 Å². The monoisotopic (exact) mass is 477 g/mol. The Hall–Kier alpha value is -3.77. The molecule has 1 saturated heterocycles. The van der Waals surface area contributed by atoms with Crippen molar-refractivity contribution < 1.29 is 24.2 Å². The van der Waals surface area contributed by atoms with E-state index in [1.807, 2.05) is 19.9 Å². The van der Waals surface area contributed by atoms with Crippen LogP contribution in [0.4, 0.5) is 5.69 Å². The Balaban J connectivity index is 1.93. The van der Waals surface area contributed by atoms with Crippen LogP contribution in [0.25, 0.3) is 5.76 Å². The van der Waals surface area contributed by atoms with Crippen molar-refractivity contribution in [1.29, 1.82) is 0 Å². The molecule has 0 radical (unpaired) electrons. The number of carbonyl (C=O) groups excluding carboxylic acids is 2. The number of nitrogens with zero attached hydrogens (tertiary/aromatic N) is 1. The Bertz CT molecular complexity index is 1250. The smallest absolute Gasteiger partial charge is 0.300 e. The number of benzene rings is 3. The molecule has 0 bridgehead atoms. The number of hydrogen-bond donors (Lipinski definition) is 1. The number of aliphatic hydroxyl groups excluding tert-OH is 1. The molecule has 174 valence electrons. The molecular weight excluding hydrogens is 454 g/mol. The van der Waals surface area contributed by atoms with E-state index in [0.29, 0.717) is 46.5 Å². The van der Waals surface area contributed by atoms with Crippen LogP contribution in [-0.4, -0.2) is 30.0 Å². The zero-order chi connectivity index (χ0) is 24.2. The summed E-state index contributed by atoms with van der Waals surface area (Å²) in [5, 5.41) is 11.7. The molecule has 1 N–H and O–H groups in total. The number of aliphatic hydroxyl groups is 1. The molecule has 1 fully saturated rings. The summed E-state index contributed by atoms with van der Waals surface area (Å²) in [7, 11) is 0. The fourth-order valence-electron chi connectivity index (χ4n) is 4.02. The summed E-state index contributed by atoms with van der Waals surface area (Å²) >= 11 is 6.20. The third-order valence-electron chi connectivity index (χ3n) is 5.47.